The highest BCUT2D eigenvalue weighted by Crippen LogP contribution is 2.37. The summed E-state index contributed by atoms with van der Waals surface area (Å²) in [7, 11) is 1.26. The van der Waals surface area contributed by atoms with Crippen molar-refractivity contribution in [3.63, 3.8) is 0 Å². The minimum Gasteiger partial charge on any atom is -0.490 e. The largest absolute Gasteiger partial charge is 0.490 e. The molecule has 6 atom stereocenters. The van der Waals surface area contributed by atoms with Crippen molar-refractivity contribution >= 4 is 5.97 Å². The number of methoxy groups -OCH3 is 1. The zero-order chi connectivity index (χ0) is 26.2. The Hall–Kier alpha value is -2.58. The van der Waals surface area contributed by atoms with Gasteiger partial charge in [0, 0.05) is 18.8 Å². The van der Waals surface area contributed by atoms with E-state index in [2.05, 4.69) is 16.6 Å². The normalized spacial score (nSPS) is 24.9. The van der Waals surface area contributed by atoms with E-state index in [1.165, 1.54) is 38.3 Å². The fraction of sp³-hybridized carbons (Fsp3) is 0.560. The van der Waals surface area contributed by atoms with Gasteiger partial charge in [0.05, 0.1) is 31.3 Å². The van der Waals surface area contributed by atoms with Gasteiger partial charge in [0.15, 0.2) is 0 Å². The maximum absolute atomic E-state index is 12.9. The van der Waals surface area contributed by atoms with Crippen molar-refractivity contribution in [3.05, 3.63) is 42.0 Å². The predicted octanol–water partition coefficient (Wildman–Crippen LogP) is 2.46. The number of carbonyl (C=O) groups is 1. The molecule has 194 valence electrons. The van der Waals surface area contributed by atoms with Crippen LogP contribution in [0.1, 0.15) is 38.2 Å². The maximum atomic E-state index is 12.9. The lowest BCUT2D eigenvalue weighted by molar-refractivity contribution is -0.140. The number of esters is 1. The van der Waals surface area contributed by atoms with Gasteiger partial charge in [-0.2, -0.15) is 13.2 Å². The molecule has 0 bridgehead atoms. The smallest absolute Gasteiger partial charge is 0.416 e. The lowest BCUT2D eigenvalue weighted by atomic mass is 9.87. The molecule has 1 saturated carbocycles. The summed E-state index contributed by atoms with van der Waals surface area (Å²) < 4.78 is 48.4. The minimum absolute atomic E-state index is 0.0569. The van der Waals surface area contributed by atoms with E-state index >= 15 is 0 Å². The van der Waals surface area contributed by atoms with E-state index in [1.54, 1.807) is 0 Å². The van der Waals surface area contributed by atoms with Crippen LogP contribution in [0.2, 0.25) is 0 Å². The molecule has 1 fully saturated rings. The number of hydrogen-bond acceptors (Lipinski definition) is 7. The Morgan fingerprint density at radius 1 is 1.29 bits per heavy atom. The summed E-state index contributed by atoms with van der Waals surface area (Å²) in [5.41, 5.74) is -2.46. The summed E-state index contributed by atoms with van der Waals surface area (Å²) in [5.74, 6) is 3.65. The molecule has 0 aromatic heterocycles. The number of aliphatic hydroxyl groups is 4. The van der Waals surface area contributed by atoms with Crippen molar-refractivity contribution in [1.82, 2.24) is 0 Å². The SMILES string of the molecule is COC(=O)CCC#CC(O)C[C@@H]1[C@@H](C=CC(C)(O)COc2cccc(C(F)(F)F)c2)[C@H](O)C[C@@H]1O. The first-order valence-corrected chi connectivity index (χ1v) is 11.1. The van der Waals surface area contributed by atoms with Crippen LogP contribution in [0, 0.1) is 23.7 Å². The zero-order valence-corrected chi connectivity index (χ0v) is 19.5. The molecule has 0 aliphatic heterocycles. The van der Waals surface area contributed by atoms with Crippen molar-refractivity contribution in [3.8, 4) is 17.6 Å². The molecule has 0 saturated heterocycles. The van der Waals surface area contributed by atoms with Crippen LogP contribution >= 0.6 is 0 Å². The first kappa shape index (κ1) is 28.7. The fourth-order valence-electron chi connectivity index (χ4n) is 3.84. The summed E-state index contributed by atoms with van der Waals surface area (Å²) in [6.07, 6.45) is -4.16. The average molecular weight is 501 g/mol. The highest BCUT2D eigenvalue weighted by atomic mass is 19.4. The molecule has 1 aliphatic rings. The van der Waals surface area contributed by atoms with Crippen LogP contribution in [-0.2, 0) is 15.7 Å². The number of halogens is 3. The van der Waals surface area contributed by atoms with Crippen molar-refractivity contribution in [2.45, 2.75) is 62.7 Å². The summed E-state index contributed by atoms with van der Waals surface area (Å²) in [6, 6.07) is 4.29. The maximum Gasteiger partial charge on any atom is 0.416 e. The first-order valence-electron chi connectivity index (χ1n) is 11.1. The third-order valence-electron chi connectivity index (χ3n) is 5.73. The molecule has 1 aromatic carbocycles. The van der Waals surface area contributed by atoms with Gasteiger partial charge in [-0.05, 0) is 37.5 Å². The standard InChI is InChI=1S/C25H31F3O7/c1-24(33,15-35-18-8-5-6-16(12-18)25(26,27)28)11-10-19-20(22(31)14-21(19)30)13-17(29)7-3-4-9-23(32)34-2/h5-6,8,10-12,17,19-22,29-31,33H,4,9,13-15H2,1-2H3/t17?,19-,20-,21-,22+,24?/m1/s1. The van der Waals surface area contributed by atoms with Gasteiger partial charge in [-0.3, -0.25) is 4.79 Å². The molecule has 10 heteroatoms. The van der Waals surface area contributed by atoms with E-state index in [9.17, 15) is 38.4 Å². The minimum atomic E-state index is -4.52. The Morgan fingerprint density at radius 2 is 2.00 bits per heavy atom. The fourth-order valence-corrected chi connectivity index (χ4v) is 3.84. The lowest BCUT2D eigenvalue weighted by Crippen LogP contribution is -2.31. The highest BCUT2D eigenvalue weighted by Gasteiger charge is 2.41. The number of hydrogen-bond donors (Lipinski definition) is 4. The molecule has 0 amide bonds. The van der Waals surface area contributed by atoms with Crippen molar-refractivity contribution in [2.75, 3.05) is 13.7 Å². The number of aliphatic hydroxyl groups excluding tert-OH is 3. The lowest BCUT2D eigenvalue weighted by Gasteiger charge is -2.24. The predicted molar refractivity (Wildman–Crippen MR) is 120 cm³/mol. The summed E-state index contributed by atoms with van der Waals surface area (Å²) in [4.78, 5) is 11.1. The Balaban J connectivity index is 1.99. The molecule has 0 spiro atoms. The molecule has 1 aliphatic carbocycles. The van der Waals surface area contributed by atoms with Gasteiger partial charge in [-0.15, -0.1) is 0 Å². The number of alkyl halides is 3. The molecule has 2 rings (SSSR count). The molecule has 1 aromatic rings. The summed E-state index contributed by atoms with van der Waals surface area (Å²) in [5, 5.41) is 41.5. The van der Waals surface area contributed by atoms with Gasteiger partial charge in [-0.25, -0.2) is 0 Å². The van der Waals surface area contributed by atoms with Crippen LogP contribution in [0.5, 0.6) is 5.75 Å². The molecule has 0 heterocycles. The Kier molecular flexibility index (Phi) is 10.2. The second kappa shape index (κ2) is 12.4. The summed E-state index contributed by atoms with van der Waals surface area (Å²) >= 11 is 0. The molecule has 4 N–H and O–H groups in total. The van der Waals surface area contributed by atoms with Gasteiger partial charge in [-0.1, -0.05) is 30.1 Å². The van der Waals surface area contributed by atoms with E-state index in [-0.39, 0.29) is 38.0 Å². The number of rotatable bonds is 9. The van der Waals surface area contributed by atoms with Crippen LogP contribution in [0.25, 0.3) is 0 Å². The van der Waals surface area contributed by atoms with Crippen molar-refractivity contribution in [2.24, 2.45) is 11.8 Å². The molecule has 0 radical (unpaired) electrons. The van der Waals surface area contributed by atoms with Crippen molar-refractivity contribution in [1.29, 1.82) is 0 Å². The number of benzene rings is 1. The Morgan fingerprint density at radius 3 is 2.66 bits per heavy atom. The van der Waals surface area contributed by atoms with E-state index < -0.39 is 53.5 Å². The molecule has 35 heavy (non-hydrogen) atoms. The van der Waals surface area contributed by atoms with E-state index in [4.69, 9.17) is 4.74 Å². The van der Waals surface area contributed by atoms with Gasteiger partial charge in [0.25, 0.3) is 0 Å². The van der Waals surface area contributed by atoms with Crippen LogP contribution < -0.4 is 4.74 Å². The van der Waals surface area contributed by atoms with Gasteiger partial charge < -0.3 is 29.9 Å². The number of carbonyl (C=O) groups excluding carboxylic acids is 1. The second-order valence-corrected chi connectivity index (χ2v) is 8.79. The second-order valence-electron chi connectivity index (χ2n) is 8.79. The quantitative estimate of drug-likeness (QED) is 0.234. The van der Waals surface area contributed by atoms with Crippen LogP contribution in [0.3, 0.4) is 0 Å². The Bertz CT molecular complexity index is 933. The van der Waals surface area contributed by atoms with Gasteiger partial charge in [0.1, 0.15) is 24.1 Å². The third-order valence-corrected chi connectivity index (χ3v) is 5.73. The van der Waals surface area contributed by atoms with E-state index in [0.717, 1.165) is 12.1 Å². The van der Waals surface area contributed by atoms with Gasteiger partial charge in [0.2, 0.25) is 0 Å². The molecule has 2 unspecified atom stereocenters. The molecule has 7 nitrogen and oxygen atoms in total. The van der Waals surface area contributed by atoms with E-state index in [0.29, 0.717) is 0 Å². The summed E-state index contributed by atoms with van der Waals surface area (Å²) in [6.45, 7) is 1.04. The zero-order valence-electron chi connectivity index (χ0n) is 19.5. The molecular weight excluding hydrogens is 469 g/mol. The van der Waals surface area contributed by atoms with Crippen LogP contribution in [0.4, 0.5) is 13.2 Å². The highest BCUT2D eigenvalue weighted by molar-refractivity contribution is 5.69. The van der Waals surface area contributed by atoms with Gasteiger partial charge >= 0.3 is 12.1 Å². The number of ether oxygens (including phenoxy) is 2. The third kappa shape index (κ3) is 9.18. The van der Waals surface area contributed by atoms with Crippen molar-refractivity contribution < 1.29 is 47.9 Å². The topological polar surface area (TPSA) is 116 Å². The average Bonchev–Trinajstić information content (AvgIpc) is 3.05. The first-order chi connectivity index (χ1) is 16.3. The Labute approximate surface area is 202 Å². The van der Waals surface area contributed by atoms with Crippen LogP contribution in [0.15, 0.2) is 36.4 Å². The molecular formula is C25H31F3O7. The monoisotopic (exact) mass is 500 g/mol. The van der Waals surface area contributed by atoms with Crippen LogP contribution in [-0.4, -0.2) is 64.0 Å². The van der Waals surface area contributed by atoms with E-state index in [1.807, 2.05) is 0 Å².